The molecule has 5 nitrogen and oxygen atoms in total. The van der Waals surface area contributed by atoms with Crippen LogP contribution in [0.5, 0.6) is 0 Å². The maximum atomic E-state index is 6.04. The first-order chi connectivity index (χ1) is 13.7. The molecule has 0 N–H and O–H groups in total. The molecule has 4 aromatic rings. The van der Waals surface area contributed by atoms with Gasteiger partial charge in [-0.05, 0) is 18.2 Å². The summed E-state index contributed by atoms with van der Waals surface area (Å²) in [7, 11) is 0. The highest BCUT2D eigenvalue weighted by Gasteiger charge is 2.15. The molecule has 2 aromatic heterocycles. The highest BCUT2D eigenvalue weighted by atomic mass is 35.5. The Balaban J connectivity index is 1.53. The van der Waals surface area contributed by atoms with Gasteiger partial charge in [-0.1, -0.05) is 65.8 Å². The molecule has 2 heterocycles. The van der Waals surface area contributed by atoms with Gasteiger partial charge in [0.2, 0.25) is 5.89 Å². The predicted molar refractivity (Wildman–Crippen MR) is 112 cm³/mol. The fraction of sp³-hybridized carbons (Fsp3) is 0.0952. The van der Waals surface area contributed by atoms with Crippen molar-refractivity contribution in [3.05, 3.63) is 84.2 Å². The van der Waals surface area contributed by atoms with E-state index in [1.807, 2.05) is 65.2 Å². The number of thioether (sulfide) groups is 1. The molecule has 2 aromatic carbocycles. The monoisotopic (exact) mass is 408 g/mol. The van der Waals surface area contributed by atoms with Gasteiger partial charge in [0, 0.05) is 28.4 Å². The summed E-state index contributed by atoms with van der Waals surface area (Å²) < 4.78 is 7.65. The smallest absolute Gasteiger partial charge is 0.226 e. The third kappa shape index (κ3) is 4.03. The average Bonchev–Trinajstić information content (AvgIpc) is 3.35. The fourth-order valence-electron chi connectivity index (χ4n) is 2.76. The zero-order valence-electron chi connectivity index (χ0n) is 15.0. The molecule has 0 aliphatic carbocycles. The van der Waals surface area contributed by atoms with E-state index in [1.165, 1.54) is 0 Å². The van der Waals surface area contributed by atoms with Gasteiger partial charge in [0.1, 0.15) is 6.26 Å². The molecule has 0 fully saturated rings. The third-order valence-corrected chi connectivity index (χ3v) is 5.27. The molecule has 0 aliphatic rings. The first kappa shape index (κ1) is 18.5. The second-order valence-corrected chi connectivity index (χ2v) is 7.39. The van der Waals surface area contributed by atoms with E-state index in [2.05, 4.69) is 21.8 Å². The highest BCUT2D eigenvalue weighted by Crippen LogP contribution is 2.28. The van der Waals surface area contributed by atoms with E-state index >= 15 is 0 Å². The van der Waals surface area contributed by atoms with Gasteiger partial charge in [-0.15, -0.1) is 16.8 Å². The normalized spacial score (nSPS) is 10.9. The maximum Gasteiger partial charge on any atom is 0.226 e. The molecule has 0 spiro atoms. The Bertz CT molecular complexity index is 1090. The third-order valence-electron chi connectivity index (χ3n) is 4.03. The van der Waals surface area contributed by atoms with E-state index < -0.39 is 0 Å². The van der Waals surface area contributed by atoms with Gasteiger partial charge in [0.05, 0.1) is 5.69 Å². The number of rotatable bonds is 7. The first-order valence-corrected chi connectivity index (χ1v) is 10.0. The van der Waals surface area contributed by atoms with Crippen molar-refractivity contribution < 1.29 is 4.42 Å². The van der Waals surface area contributed by atoms with Crippen molar-refractivity contribution >= 4 is 23.4 Å². The van der Waals surface area contributed by atoms with Crippen LogP contribution < -0.4 is 0 Å². The Morgan fingerprint density at radius 3 is 2.68 bits per heavy atom. The first-order valence-electron chi connectivity index (χ1n) is 8.67. The van der Waals surface area contributed by atoms with Crippen LogP contribution >= 0.6 is 23.4 Å². The number of allylic oxidation sites excluding steroid dienone is 1. The summed E-state index contributed by atoms with van der Waals surface area (Å²) in [5.74, 6) is 1.99. The Kier molecular flexibility index (Phi) is 5.60. The van der Waals surface area contributed by atoms with E-state index in [-0.39, 0.29) is 0 Å². The van der Waals surface area contributed by atoms with Crippen LogP contribution in [0, 0.1) is 0 Å². The van der Waals surface area contributed by atoms with Crippen molar-refractivity contribution in [3.63, 3.8) is 0 Å². The van der Waals surface area contributed by atoms with Crippen molar-refractivity contribution in [2.24, 2.45) is 0 Å². The molecule has 0 aliphatic heterocycles. The molecule has 0 bridgehead atoms. The van der Waals surface area contributed by atoms with Crippen LogP contribution in [0.1, 0.15) is 5.69 Å². The van der Waals surface area contributed by atoms with Crippen LogP contribution in [0.3, 0.4) is 0 Å². The number of hydrogen-bond donors (Lipinski definition) is 0. The van der Waals surface area contributed by atoms with Gasteiger partial charge >= 0.3 is 0 Å². The SMILES string of the molecule is C=CCn1c(SCc2coc(-c3cccc(Cl)c3)n2)nnc1-c1ccccc1. The lowest BCUT2D eigenvalue weighted by atomic mass is 10.2. The minimum absolute atomic E-state index is 0.552. The van der Waals surface area contributed by atoms with Gasteiger partial charge < -0.3 is 4.42 Å². The summed E-state index contributed by atoms with van der Waals surface area (Å²) >= 11 is 7.60. The highest BCUT2D eigenvalue weighted by molar-refractivity contribution is 7.98. The minimum atomic E-state index is 0.552. The van der Waals surface area contributed by atoms with E-state index in [4.69, 9.17) is 16.0 Å². The standard InChI is InChI=1S/C21H17ClN4OS/c1-2-11-26-19(15-7-4-3-5-8-15)24-25-21(26)28-14-18-13-27-20(23-18)16-9-6-10-17(22)12-16/h2-10,12-13H,1,11,14H2. The molecule has 7 heteroatoms. The summed E-state index contributed by atoms with van der Waals surface area (Å²) in [5, 5.41) is 10.2. The van der Waals surface area contributed by atoms with E-state index in [1.54, 1.807) is 18.0 Å². The zero-order valence-corrected chi connectivity index (χ0v) is 16.5. The molecule has 0 unspecified atom stereocenters. The maximum absolute atomic E-state index is 6.04. The minimum Gasteiger partial charge on any atom is -0.444 e. The fourth-order valence-corrected chi connectivity index (χ4v) is 3.77. The number of oxazole rings is 1. The summed E-state index contributed by atoms with van der Waals surface area (Å²) in [5.41, 5.74) is 2.70. The lowest BCUT2D eigenvalue weighted by Crippen LogP contribution is -2.00. The summed E-state index contributed by atoms with van der Waals surface area (Å²) in [6.45, 7) is 4.48. The topological polar surface area (TPSA) is 56.7 Å². The van der Waals surface area contributed by atoms with Gasteiger partial charge in [-0.25, -0.2) is 4.98 Å². The van der Waals surface area contributed by atoms with Crippen LogP contribution in [0.25, 0.3) is 22.8 Å². The molecule has 0 saturated heterocycles. The molecular weight excluding hydrogens is 392 g/mol. The van der Waals surface area contributed by atoms with E-state index in [0.29, 0.717) is 23.2 Å². The molecule has 0 atom stereocenters. The number of aromatic nitrogens is 4. The average molecular weight is 409 g/mol. The van der Waals surface area contributed by atoms with Crippen molar-refractivity contribution in [1.29, 1.82) is 0 Å². The number of hydrogen-bond acceptors (Lipinski definition) is 5. The summed E-state index contributed by atoms with van der Waals surface area (Å²) in [6, 6.07) is 17.4. The predicted octanol–water partition coefficient (Wildman–Crippen LogP) is 5.73. The van der Waals surface area contributed by atoms with Gasteiger partial charge in [-0.3, -0.25) is 4.57 Å². The van der Waals surface area contributed by atoms with Crippen molar-refractivity contribution in [3.8, 4) is 22.8 Å². The van der Waals surface area contributed by atoms with Crippen LogP contribution in [-0.2, 0) is 12.3 Å². The zero-order chi connectivity index (χ0) is 19.3. The molecule has 0 saturated carbocycles. The Morgan fingerprint density at radius 1 is 1.07 bits per heavy atom. The number of nitrogens with zero attached hydrogens (tertiary/aromatic N) is 4. The molecule has 0 amide bonds. The van der Waals surface area contributed by atoms with Gasteiger partial charge in [-0.2, -0.15) is 0 Å². The van der Waals surface area contributed by atoms with Crippen molar-refractivity contribution in [2.45, 2.75) is 17.5 Å². The van der Waals surface area contributed by atoms with E-state index in [0.717, 1.165) is 27.8 Å². The Morgan fingerprint density at radius 2 is 1.89 bits per heavy atom. The van der Waals surface area contributed by atoms with Gasteiger partial charge in [0.15, 0.2) is 11.0 Å². The van der Waals surface area contributed by atoms with Crippen LogP contribution in [0.4, 0.5) is 0 Å². The van der Waals surface area contributed by atoms with Crippen LogP contribution in [0.15, 0.2) is 83.1 Å². The number of benzene rings is 2. The van der Waals surface area contributed by atoms with Crippen molar-refractivity contribution in [1.82, 2.24) is 19.7 Å². The van der Waals surface area contributed by atoms with Gasteiger partial charge in [0.25, 0.3) is 0 Å². The molecule has 28 heavy (non-hydrogen) atoms. The van der Waals surface area contributed by atoms with E-state index in [9.17, 15) is 0 Å². The van der Waals surface area contributed by atoms with Crippen molar-refractivity contribution in [2.75, 3.05) is 0 Å². The lowest BCUT2D eigenvalue weighted by Gasteiger charge is -2.07. The Hall–Kier alpha value is -2.83. The molecular formula is C21H17ClN4OS. The molecule has 4 rings (SSSR count). The lowest BCUT2D eigenvalue weighted by molar-refractivity contribution is 0.573. The van der Waals surface area contributed by atoms with Crippen LogP contribution in [0.2, 0.25) is 5.02 Å². The van der Waals surface area contributed by atoms with Crippen LogP contribution in [-0.4, -0.2) is 19.7 Å². The molecule has 0 radical (unpaired) electrons. The number of halogens is 1. The summed E-state index contributed by atoms with van der Waals surface area (Å²) in [4.78, 5) is 4.55. The quantitative estimate of drug-likeness (QED) is 0.288. The second-order valence-electron chi connectivity index (χ2n) is 6.01. The Labute approximate surface area is 172 Å². The molecule has 140 valence electrons. The summed E-state index contributed by atoms with van der Waals surface area (Å²) in [6.07, 6.45) is 3.50. The second kappa shape index (κ2) is 8.46. The largest absolute Gasteiger partial charge is 0.444 e.